The first-order chi connectivity index (χ1) is 4.56. The highest BCUT2D eigenvalue weighted by molar-refractivity contribution is 4.94. The molecule has 1 atom stereocenters. The van der Waals surface area contributed by atoms with Crippen LogP contribution in [0.1, 0.15) is 20.3 Å². The van der Waals surface area contributed by atoms with Crippen LogP contribution in [0.15, 0.2) is 0 Å². The second-order valence-corrected chi connectivity index (χ2v) is 3.30. The largest absolute Gasteiger partial charge is 0.245 e. The number of hydrogen-bond acceptors (Lipinski definition) is 1. The quantitative estimate of drug-likeness (QED) is 0.466. The van der Waals surface area contributed by atoms with E-state index in [0.717, 1.165) is 0 Å². The van der Waals surface area contributed by atoms with Gasteiger partial charge in [-0.2, -0.15) is 11.5 Å². The highest BCUT2D eigenvalue weighted by atomic mass is 19.1. The molecule has 0 bridgehead atoms. The van der Waals surface area contributed by atoms with E-state index in [2.05, 4.69) is 4.95 Å². The zero-order valence-corrected chi connectivity index (χ0v) is 6.26. The number of hydrogen-bond donors (Lipinski definition) is 0. The topological polar surface area (TPSA) is 7.60 Å². The second-order valence-electron chi connectivity index (χ2n) is 3.30. The van der Waals surface area contributed by atoms with Gasteiger partial charge >= 0.3 is 0 Å². The Bertz CT molecular complexity index is 171. The lowest BCUT2D eigenvalue weighted by atomic mass is 10.0. The zero-order chi connectivity index (χ0) is 7.78. The van der Waals surface area contributed by atoms with Crippen LogP contribution in [-0.2, 0) is 0 Å². The molecule has 10 heavy (non-hydrogen) atoms. The lowest BCUT2D eigenvalue weighted by molar-refractivity contribution is 0.245. The average Bonchev–Trinajstić information content (AvgIpc) is 2.04. The molecule has 0 N–H and O–H groups in total. The summed E-state index contributed by atoms with van der Waals surface area (Å²) in [5.74, 6) is 0. The second kappa shape index (κ2) is 2.12. The number of alkyl halides is 1. The first-order valence-corrected chi connectivity index (χ1v) is 3.35. The van der Waals surface area contributed by atoms with Crippen LogP contribution in [0.3, 0.4) is 0 Å². The normalized spacial score (nSPS) is 30.2. The molecule has 0 aromatic heterocycles. The van der Waals surface area contributed by atoms with Gasteiger partial charge in [-0.3, -0.25) is 0 Å². The Kier molecular flexibility index (Phi) is 1.55. The Morgan fingerprint density at radius 2 is 2.30 bits per heavy atom. The number of rotatable bonds is 0. The Balaban J connectivity index is 2.70. The molecule has 0 radical (unpaired) electrons. The van der Waals surface area contributed by atoms with Crippen LogP contribution in [0, 0.1) is 6.57 Å². The smallest absolute Gasteiger partial charge is 0.126 e. The predicted octanol–water partition coefficient (Wildman–Crippen LogP) is 1.64. The molecular weight excluding hydrogens is 131 g/mol. The first kappa shape index (κ1) is 7.33. The third-order valence-corrected chi connectivity index (χ3v) is 1.91. The summed E-state index contributed by atoms with van der Waals surface area (Å²) < 4.78 is 12.7. The highest BCUT2D eigenvalue weighted by Crippen LogP contribution is 2.30. The van der Waals surface area contributed by atoms with Gasteiger partial charge in [0.15, 0.2) is 0 Å². The van der Waals surface area contributed by atoms with Gasteiger partial charge in [0.2, 0.25) is 0 Å². The van der Waals surface area contributed by atoms with Crippen LogP contribution in [0.5, 0.6) is 0 Å². The maximum atomic E-state index is 12.7. The fourth-order valence-electron chi connectivity index (χ4n) is 1.32. The first-order valence-electron chi connectivity index (χ1n) is 3.35. The Morgan fingerprint density at radius 1 is 1.70 bits per heavy atom. The zero-order valence-electron chi connectivity index (χ0n) is 6.26. The molecule has 0 aromatic carbocycles. The minimum atomic E-state index is -0.816. The van der Waals surface area contributed by atoms with E-state index in [1.54, 1.807) is 0 Å². The van der Waals surface area contributed by atoms with Gasteiger partial charge < -0.3 is 0 Å². The summed E-state index contributed by atoms with van der Waals surface area (Å²) in [6.45, 7) is 10.8. The van der Waals surface area contributed by atoms with Gasteiger partial charge in [0.05, 0.1) is 0 Å². The molecule has 2 nitrogen and oxygen atoms in total. The van der Waals surface area contributed by atoms with Crippen LogP contribution in [-0.4, -0.2) is 23.3 Å². The van der Waals surface area contributed by atoms with Crippen molar-refractivity contribution < 1.29 is 4.39 Å². The minimum absolute atomic E-state index is 0.263. The molecule has 0 saturated carbocycles. The van der Waals surface area contributed by atoms with Crippen molar-refractivity contribution in [3.8, 4) is 0 Å². The summed E-state index contributed by atoms with van der Waals surface area (Å²) in [6.07, 6.45) is -0.334. The van der Waals surface area contributed by atoms with E-state index in [4.69, 9.17) is 6.57 Å². The van der Waals surface area contributed by atoms with Gasteiger partial charge in [-0.1, -0.05) is 0 Å². The maximum Gasteiger partial charge on any atom is 0.126 e. The molecule has 56 valence electrons. The van der Waals surface area contributed by atoms with E-state index < -0.39 is 6.17 Å². The minimum Gasteiger partial charge on any atom is -0.245 e. The van der Waals surface area contributed by atoms with Gasteiger partial charge in [0.1, 0.15) is 18.3 Å². The van der Waals surface area contributed by atoms with Crippen molar-refractivity contribution in [2.45, 2.75) is 32.0 Å². The lowest BCUT2D eigenvalue weighted by Gasteiger charge is -2.18. The molecule has 1 heterocycles. The van der Waals surface area contributed by atoms with Gasteiger partial charge in [-0.15, -0.1) is 5.01 Å². The third-order valence-electron chi connectivity index (χ3n) is 1.91. The van der Waals surface area contributed by atoms with Crippen LogP contribution in [0.25, 0.3) is 4.95 Å². The number of nitrogens with zero attached hydrogens (tertiary/aromatic N) is 2. The van der Waals surface area contributed by atoms with Gasteiger partial charge in [-0.25, -0.2) is 4.39 Å². The Morgan fingerprint density at radius 3 is 2.50 bits per heavy atom. The van der Waals surface area contributed by atoms with Crippen LogP contribution in [0.2, 0.25) is 0 Å². The molecule has 0 aromatic rings. The summed E-state index contributed by atoms with van der Waals surface area (Å²) in [5.41, 5.74) is -0.263. The fourth-order valence-corrected chi connectivity index (χ4v) is 1.32. The van der Waals surface area contributed by atoms with Crippen molar-refractivity contribution in [1.82, 2.24) is 5.01 Å². The van der Waals surface area contributed by atoms with Crippen molar-refractivity contribution in [3.63, 3.8) is 0 Å². The molecule has 1 aliphatic heterocycles. The molecule has 1 aliphatic rings. The van der Waals surface area contributed by atoms with Crippen molar-refractivity contribution in [2.24, 2.45) is 0 Å². The molecule has 0 aliphatic carbocycles. The van der Waals surface area contributed by atoms with Crippen molar-refractivity contribution >= 4 is 0 Å². The van der Waals surface area contributed by atoms with E-state index in [1.807, 2.05) is 13.8 Å². The van der Waals surface area contributed by atoms with Crippen molar-refractivity contribution in [3.05, 3.63) is 11.5 Å². The molecule has 0 amide bonds. The van der Waals surface area contributed by atoms with Gasteiger partial charge in [-0.05, 0) is 13.8 Å². The summed E-state index contributed by atoms with van der Waals surface area (Å²) >= 11 is 0. The monoisotopic (exact) mass is 142 g/mol. The van der Waals surface area contributed by atoms with Crippen molar-refractivity contribution in [1.29, 1.82) is 0 Å². The van der Waals surface area contributed by atoms with Crippen LogP contribution < -0.4 is 0 Å². The van der Waals surface area contributed by atoms with Gasteiger partial charge in [0.25, 0.3) is 0 Å². The SMILES string of the molecule is [C-]#[N+]N1CC(F)CC1(C)C. The molecule has 3 heteroatoms. The van der Waals surface area contributed by atoms with Gasteiger partial charge in [0, 0.05) is 6.42 Å². The van der Waals surface area contributed by atoms with E-state index >= 15 is 0 Å². The summed E-state index contributed by atoms with van der Waals surface area (Å²) in [7, 11) is 0. The molecular formula is C7H11FN2. The standard InChI is InChI=1S/C7H11FN2/c1-7(2)4-6(8)5-10(7)9-3/h6H,4-5H2,1-2H3. The van der Waals surface area contributed by atoms with Crippen LogP contribution >= 0.6 is 0 Å². The van der Waals surface area contributed by atoms with E-state index in [0.29, 0.717) is 6.42 Å². The van der Waals surface area contributed by atoms with Crippen molar-refractivity contribution in [2.75, 3.05) is 6.54 Å². The number of halogens is 1. The summed E-state index contributed by atoms with van der Waals surface area (Å²) in [5, 5.41) is 1.48. The Labute approximate surface area is 60.4 Å². The average molecular weight is 142 g/mol. The van der Waals surface area contributed by atoms with Crippen LogP contribution in [0.4, 0.5) is 4.39 Å². The van der Waals surface area contributed by atoms with E-state index in [-0.39, 0.29) is 12.1 Å². The molecule has 1 unspecified atom stereocenters. The predicted molar refractivity (Wildman–Crippen MR) is 36.9 cm³/mol. The summed E-state index contributed by atoms with van der Waals surface area (Å²) in [4.78, 5) is 3.23. The lowest BCUT2D eigenvalue weighted by Crippen LogP contribution is -2.32. The summed E-state index contributed by atoms with van der Waals surface area (Å²) in [6, 6.07) is 0. The maximum absolute atomic E-state index is 12.7. The molecule has 1 rings (SSSR count). The van der Waals surface area contributed by atoms with E-state index in [9.17, 15) is 4.39 Å². The molecule has 0 spiro atoms. The third kappa shape index (κ3) is 1.06. The van der Waals surface area contributed by atoms with E-state index in [1.165, 1.54) is 5.01 Å². The molecule has 1 saturated heterocycles. The molecule has 1 fully saturated rings. The Hall–Kier alpha value is -0.780. The highest BCUT2D eigenvalue weighted by Gasteiger charge is 2.42. The fraction of sp³-hybridized carbons (Fsp3) is 0.857.